The summed E-state index contributed by atoms with van der Waals surface area (Å²) in [6.45, 7) is 5.65. The Morgan fingerprint density at radius 2 is 1.00 bits per heavy atom. The highest BCUT2D eigenvalue weighted by molar-refractivity contribution is 7.47. The topological polar surface area (TPSA) is 91.3 Å². The molecule has 0 spiro atoms. The van der Waals surface area contributed by atoms with E-state index in [4.69, 9.17) is 18.5 Å². The molecule has 0 fully saturated rings. The highest BCUT2D eigenvalue weighted by Gasteiger charge is 2.26. The molecular weight excluding hydrogens is 673 g/mol. The quantitative estimate of drug-likeness (QED) is 0.0218. The summed E-state index contributed by atoms with van der Waals surface area (Å²) in [5.74, 6) is -0.315. The summed E-state index contributed by atoms with van der Waals surface area (Å²) in [6, 6.07) is 0. The Morgan fingerprint density at radius 3 is 1.46 bits per heavy atom. The van der Waals surface area contributed by atoms with Gasteiger partial charge in [0.05, 0.1) is 34.4 Å². The Hall–Kier alpha value is -0.760. The van der Waals surface area contributed by atoms with E-state index in [-0.39, 0.29) is 25.8 Å². The summed E-state index contributed by atoms with van der Waals surface area (Å²) in [6.07, 6.45) is 39.5. The molecule has 2 atom stereocenters. The average molecular weight is 761 g/mol. The first-order valence-corrected chi connectivity index (χ1v) is 23.4. The van der Waals surface area contributed by atoms with Crippen molar-refractivity contribution in [3.05, 3.63) is 12.2 Å². The van der Waals surface area contributed by atoms with E-state index in [1.165, 1.54) is 148 Å². The number of ether oxygens (including phenoxy) is 2. The zero-order chi connectivity index (χ0) is 38.4. The number of hydrogen-bond acceptors (Lipinski definition) is 6. The van der Waals surface area contributed by atoms with Crippen LogP contribution in [0.1, 0.15) is 200 Å². The fourth-order valence-electron chi connectivity index (χ4n) is 6.14. The van der Waals surface area contributed by atoms with E-state index in [0.717, 1.165) is 32.1 Å². The minimum Gasteiger partial charge on any atom is -0.457 e. The van der Waals surface area contributed by atoms with Crippen molar-refractivity contribution in [3.8, 4) is 0 Å². The Labute approximate surface area is 322 Å². The van der Waals surface area contributed by atoms with Crippen molar-refractivity contribution in [2.45, 2.75) is 206 Å². The van der Waals surface area contributed by atoms with E-state index in [2.05, 4.69) is 26.0 Å². The number of unbranched alkanes of at least 4 members (excludes halogenated alkanes) is 25. The van der Waals surface area contributed by atoms with Crippen molar-refractivity contribution in [1.29, 1.82) is 0 Å². The van der Waals surface area contributed by atoms with E-state index >= 15 is 0 Å². The molecule has 0 radical (unpaired) electrons. The first-order chi connectivity index (χ1) is 25.1. The van der Waals surface area contributed by atoms with Crippen molar-refractivity contribution in [1.82, 2.24) is 0 Å². The zero-order valence-corrected chi connectivity index (χ0v) is 36.0. The van der Waals surface area contributed by atoms with Gasteiger partial charge in [0.1, 0.15) is 19.3 Å². The van der Waals surface area contributed by atoms with Crippen molar-refractivity contribution in [2.24, 2.45) is 0 Å². The van der Waals surface area contributed by atoms with Crippen LogP contribution in [0.4, 0.5) is 0 Å². The highest BCUT2D eigenvalue weighted by Crippen LogP contribution is 2.43. The molecule has 0 saturated heterocycles. The van der Waals surface area contributed by atoms with Crippen LogP contribution in [-0.4, -0.2) is 75.6 Å². The number of carbonyl (C=O) groups excluding carboxylic acids is 1. The number of hydrogen-bond donors (Lipinski definition) is 1. The Bertz CT molecular complexity index is 848. The molecule has 0 aromatic carbocycles. The largest absolute Gasteiger partial charge is 0.472 e. The third-order valence-corrected chi connectivity index (χ3v) is 10.6. The van der Waals surface area contributed by atoms with Crippen molar-refractivity contribution >= 4 is 13.8 Å². The van der Waals surface area contributed by atoms with E-state index in [1.54, 1.807) is 0 Å². The Balaban J connectivity index is 4.21. The minimum atomic E-state index is -4.27. The van der Waals surface area contributed by atoms with E-state index in [0.29, 0.717) is 24.1 Å². The molecule has 0 heterocycles. The van der Waals surface area contributed by atoms with Gasteiger partial charge in [-0.25, -0.2) is 4.57 Å². The molecule has 0 aliphatic heterocycles. The average Bonchev–Trinajstić information content (AvgIpc) is 3.09. The predicted octanol–water partition coefficient (Wildman–Crippen LogP) is 12.7. The second-order valence-electron chi connectivity index (χ2n) is 16.1. The number of phosphoric acid groups is 1. The van der Waals surface area contributed by atoms with E-state index in [9.17, 15) is 14.3 Å². The maximum atomic E-state index is 12.7. The lowest BCUT2D eigenvalue weighted by molar-refractivity contribution is -0.870. The molecule has 0 saturated carbocycles. The molecule has 2 unspecified atom stereocenters. The molecule has 8 nitrogen and oxygen atoms in total. The third kappa shape index (κ3) is 40.4. The summed E-state index contributed by atoms with van der Waals surface area (Å²) in [5, 5.41) is 0. The normalized spacial score (nSPS) is 13.9. The molecule has 0 amide bonds. The lowest BCUT2D eigenvalue weighted by Crippen LogP contribution is -2.37. The molecular formula is C43H87NO7P+. The second-order valence-corrected chi connectivity index (χ2v) is 17.5. The van der Waals surface area contributed by atoms with Gasteiger partial charge in [-0.3, -0.25) is 13.8 Å². The molecule has 0 aromatic heterocycles. The molecule has 0 aliphatic rings. The molecule has 9 heteroatoms. The molecule has 310 valence electrons. The molecule has 1 N–H and O–H groups in total. The molecule has 52 heavy (non-hydrogen) atoms. The number of nitrogens with zero attached hydrogens (tertiary/aromatic N) is 1. The number of quaternary nitrogens is 1. The van der Waals surface area contributed by atoms with Gasteiger partial charge in [-0.05, 0) is 38.5 Å². The van der Waals surface area contributed by atoms with Gasteiger partial charge in [-0.1, -0.05) is 167 Å². The first kappa shape index (κ1) is 51.2. The van der Waals surface area contributed by atoms with Crippen molar-refractivity contribution < 1.29 is 37.3 Å². The SMILES string of the molecule is CCCCCCCC/C=C\CCCCCCCCCC(=O)OC(COCCCCCCCCCCCCCCC)COP(=O)(O)OCC[N+](C)(C)C. The number of rotatable bonds is 41. The van der Waals surface area contributed by atoms with Gasteiger partial charge >= 0.3 is 13.8 Å². The van der Waals surface area contributed by atoms with Gasteiger partial charge < -0.3 is 18.9 Å². The summed E-state index contributed by atoms with van der Waals surface area (Å²) >= 11 is 0. The third-order valence-electron chi connectivity index (χ3n) is 9.58. The smallest absolute Gasteiger partial charge is 0.457 e. The number of allylic oxidation sites excluding steroid dienone is 2. The maximum Gasteiger partial charge on any atom is 0.472 e. The number of phosphoric ester groups is 1. The van der Waals surface area contributed by atoms with Crippen LogP contribution in [0, 0.1) is 0 Å². The van der Waals surface area contributed by atoms with Crippen LogP contribution in [-0.2, 0) is 27.9 Å². The van der Waals surface area contributed by atoms with Gasteiger partial charge in [-0.15, -0.1) is 0 Å². The Morgan fingerprint density at radius 1 is 0.577 bits per heavy atom. The van der Waals surface area contributed by atoms with Crippen LogP contribution in [0.5, 0.6) is 0 Å². The fraction of sp³-hybridized carbons (Fsp3) is 0.930. The minimum absolute atomic E-state index is 0.0909. The van der Waals surface area contributed by atoms with Crippen molar-refractivity contribution in [3.63, 3.8) is 0 Å². The molecule has 0 aromatic rings. The monoisotopic (exact) mass is 761 g/mol. The molecule has 0 rings (SSSR count). The summed E-state index contributed by atoms with van der Waals surface area (Å²) < 4.78 is 35.0. The van der Waals surface area contributed by atoms with Crippen LogP contribution < -0.4 is 0 Å². The highest BCUT2D eigenvalue weighted by atomic mass is 31.2. The number of esters is 1. The molecule has 0 bridgehead atoms. The second kappa shape index (κ2) is 37.2. The zero-order valence-electron chi connectivity index (χ0n) is 35.1. The van der Waals surface area contributed by atoms with Crippen LogP contribution in [0.15, 0.2) is 12.2 Å². The van der Waals surface area contributed by atoms with Gasteiger partial charge in [0.15, 0.2) is 0 Å². The van der Waals surface area contributed by atoms with Crippen LogP contribution in [0.25, 0.3) is 0 Å². The predicted molar refractivity (Wildman–Crippen MR) is 220 cm³/mol. The van der Waals surface area contributed by atoms with Gasteiger partial charge in [0, 0.05) is 13.0 Å². The van der Waals surface area contributed by atoms with Gasteiger partial charge in [0.2, 0.25) is 0 Å². The van der Waals surface area contributed by atoms with Crippen LogP contribution in [0.2, 0.25) is 0 Å². The maximum absolute atomic E-state index is 12.7. The fourth-order valence-corrected chi connectivity index (χ4v) is 6.88. The van der Waals surface area contributed by atoms with Crippen LogP contribution in [0.3, 0.4) is 0 Å². The first-order valence-electron chi connectivity index (χ1n) is 21.9. The Kier molecular flexibility index (Phi) is 36.6. The van der Waals surface area contributed by atoms with Crippen LogP contribution >= 0.6 is 7.82 Å². The van der Waals surface area contributed by atoms with E-state index in [1.807, 2.05) is 21.1 Å². The van der Waals surface area contributed by atoms with Gasteiger partial charge in [0.25, 0.3) is 0 Å². The summed E-state index contributed by atoms with van der Waals surface area (Å²) in [7, 11) is 1.67. The lowest BCUT2D eigenvalue weighted by Gasteiger charge is -2.24. The lowest BCUT2D eigenvalue weighted by atomic mass is 10.0. The van der Waals surface area contributed by atoms with E-state index < -0.39 is 13.9 Å². The summed E-state index contributed by atoms with van der Waals surface area (Å²) in [5.41, 5.74) is 0. The standard InChI is InChI=1S/C43H86NO7P/c1-6-8-10-12-14-16-18-20-21-22-23-24-26-28-30-32-34-36-43(45)51-42(41-50-52(46,47)49-39-37-44(3,4)5)40-48-38-35-33-31-29-27-25-19-17-15-13-11-9-7-2/h20-21,42H,6-19,22-41H2,1-5H3/p+1/b21-20-. The van der Waals surface area contributed by atoms with Crippen molar-refractivity contribution in [2.75, 3.05) is 54.1 Å². The molecule has 0 aliphatic carbocycles. The van der Waals surface area contributed by atoms with Gasteiger partial charge in [-0.2, -0.15) is 0 Å². The number of likely N-dealkylation sites (N-methyl/N-ethyl adjacent to an activating group) is 1. The summed E-state index contributed by atoms with van der Waals surface area (Å²) in [4.78, 5) is 22.9. The number of carbonyl (C=O) groups is 1.